The first kappa shape index (κ1) is 18.6. The van der Waals surface area contributed by atoms with Crippen LogP contribution in [0, 0.1) is 11.8 Å². The number of anilines is 1. The van der Waals surface area contributed by atoms with Crippen LogP contribution in [0.1, 0.15) is 40.2 Å². The lowest BCUT2D eigenvalue weighted by atomic mass is 10.1. The van der Waals surface area contributed by atoms with Crippen LogP contribution < -0.4 is 10.2 Å². The molecule has 152 valence electrons. The molecule has 2 unspecified atom stereocenters. The van der Waals surface area contributed by atoms with Crippen molar-refractivity contribution in [3.05, 3.63) is 83.2 Å². The van der Waals surface area contributed by atoms with Gasteiger partial charge in [-0.15, -0.1) is 0 Å². The van der Waals surface area contributed by atoms with Crippen LogP contribution >= 0.6 is 0 Å². The summed E-state index contributed by atoms with van der Waals surface area (Å²) in [7, 11) is 1.77. The first-order valence-electron chi connectivity index (χ1n) is 10.2. The second kappa shape index (κ2) is 7.13. The molecule has 2 heterocycles. The van der Waals surface area contributed by atoms with Gasteiger partial charge in [-0.2, -0.15) is 0 Å². The van der Waals surface area contributed by atoms with Crippen molar-refractivity contribution in [3.63, 3.8) is 0 Å². The minimum Gasteiger partial charge on any atom is -0.360 e. The average Bonchev–Trinajstić information content (AvgIpc) is 3.21. The van der Waals surface area contributed by atoms with Crippen molar-refractivity contribution in [1.29, 1.82) is 0 Å². The summed E-state index contributed by atoms with van der Waals surface area (Å²) < 4.78 is 5.35. The molecule has 1 aromatic heterocycles. The molecule has 1 saturated carbocycles. The van der Waals surface area contributed by atoms with E-state index in [2.05, 4.69) is 23.5 Å². The van der Waals surface area contributed by atoms with Crippen LogP contribution in [0.2, 0.25) is 0 Å². The highest BCUT2D eigenvalue weighted by Gasteiger charge is 2.57. The highest BCUT2D eigenvalue weighted by Crippen LogP contribution is 2.59. The predicted molar refractivity (Wildman–Crippen MR) is 112 cm³/mol. The summed E-state index contributed by atoms with van der Waals surface area (Å²) in [6.45, 7) is 2.14. The number of hydrogen-bond acceptors (Lipinski definition) is 4. The number of hydrogen-bond donors (Lipinski definition) is 1. The first-order valence-corrected chi connectivity index (χ1v) is 10.2. The molecule has 1 fully saturated rings. The number of carbonyl (C=O) groups excluding carboxylic acids is 2. The predicted octanol–water partition coefficient (Wildman–Crippen LogP) is 3.39. The number of para-hydroxylation sites is 1. The Morgan fingerprint density at radius 3 is 2.67 bits per heavy atom. The third kappa shape index (κ3) is 3.09. The van der Waals surface area contributed by atoms with Crippen molar-refractivity contribution in [3.8, 4) is 0 Å². The Kier molecular flexibility index (Phi) is 4.42. The van der Waals surface area contributed by atoms with Crippen LogP contribution in [0.5, 0.6) is 0 Å². The Morgan fingerprint density at radius 1 is 1.13 bits per heavy atom. The van der Waals surface area contributed by atoms with Crippen molar-refractivity contribution in [2.45, 2.75) is 25.3 Å². The fourth-order valence-corrected chi connectivity index (χ4v) is 4.74. The maximum absolute atomic E-state index is 13.2. The van der Waals surface area contributed by atoms with E-state index in [9.17, 15) is 9.59 Å². The lowest BCUT2D eigenvalue weighted by molar-refractivity contribution is -0.120. The third-order valence-electron chi connectivity index (χ3n) is 6.39. The van der Waals surface area contributed by atoms with Gasteiger partial charge in [0.1, 0.15) is 11.8 Å². The van der Waals surface area contributed by atoms with Gasteiger partial charge >= 0.3 is 0 Å². The number of fused-ring (bicyclic) bond motifs is 3. The van der Waals surface area contributed by atoms with E-state index in [0.717, 1.165) is 11.3 Å². The van der Waals surface area contributed by atoms with E-state index in [0.29, 0.717) is 18.1 Å². The van der Waals surface area contributed by atoms with Crippen LogP contribution in [0.3, 0.4) is 0 Å². The minimum absolute atomic E-state index is 0.0863. The van der Waals surface area contributed by atoms with Gasteiger partial charge in [-0.25, -0.2) is 0 Å². The van der Waals surface area contributed by atoms with Gasteiger partial charge in [0.15, 0.2) is 5.69 Å². The van der Waals surface area contributed by atoms with Crippen LogP contribution in [-0.2, 0) is 11.2 Å². The lowest BCUT2D eigenvalue weighted by Crippen LogP contribution is -2.48. The van der Waals surface area contributed by atoms with Crippen molar-refractivity contribution in [2.75, 3.05) is 11.9 Å². The molecular formula is C24H23N3O3. The van der Waals surface area contributed by atoms with E-state index in [4.69, 9.17) is 4.52 Å². The molecule has 1 aliphatic carbocycles. The highest BCUT2D eigenvalue weighted by molar-refractivity contribution is 6.03. The van der Waals surface area contributed by atoms with Gasteiger partial charge in [-0.3, -0.25) is 9.59 Å². The zero-order valence-corrected chi connectivity index (χ0v) is 16.9. The molecule has 6 heteroatoms. The molecule has 30 heavy (non-hydrogen) atoms. The number of likely N-dealkylation sites (N-methyl/N-ethyl adjacent to an activating group) is 1. The summed E-state index contributed by atoms with van der Waals surface area (Å²) in [5, 5.41) is 6.87. The molecule has 5 rings (SSSR count). The molecule has 0 spiro atoms. The van der Waals surface area contributed by atoms with E-state index in [1.54, 1.807) is 18.0 Å². The summed E-state index contributed by atoms with van der Waals surface area (Å²) in [5.41, 5.74) is 3.37. The van der Waals surface area contributed by atoms with E-state index in [1.807, 2.05) is 48.5 Å². The molecule has 6 nitrogen and oxygen atoms in total. The number of benzene rings is 2. The molecule has 3 aromatic rings. The van der Waals surface area contributed by atoms with Gasteiger partial charge in [0.2, 0.25) is 5.91 Å². The molecule has 4 atom stereocenters. The van der Waals surface area contributed by atoms with Crippen molar-refractivity contribution >= 4 is 17.5 Å². The number of nitrogens with zero attached hydrogens (tertiary/aromatic N) is 2. The van der Waals surface area contributed by atoms with Crippen LogP contribution in [0.15, 0.2) is 65.2 Å². The molecule has 0 saturated heterocycles. The van der Waals surface area contributed by atoms with Gasteiger partial charge in [0.25, 0.3) is 5.91 Å². The summed E-state index contributed by atoms with van der Waals surface area (Å²) in [4.78, 5) is 27.7. The number of nitrogens with one attached hydrogen (secondary N) is 1. The first-order chi connectivity index (χ1) is 14.5. The fourth-order valence-electron chi connectivity index (χ4n) is 4.74. The average molecular weight is 401 g/mol. The van der Waals surface area contributed by atoms with Crippen LogP contribution in [0.25, 0.3) is 0 Å². The van der Waals surface area contributed by atoms with E-state index >= 15 is 0 Å². The van der Waals surface area contributed by atoms with Gasteiger partial charge < -0.3 is 14.7 Å². The van der Waals surface area contributed by atoms with Crippen molar-refractivity contribution in [1.82, 2.24) is 10.5 Å². The molecular weight excluding hydrogens is 378 g/mol. The highest BCUT2D eigenvalue weighted by atomic mass is 16.5. The van der Waals surface area contributed by atoms with Gasteiger partial charge in [0, 0.05) is 25.2 Å². The van der Waals surface area contributed by atoms with Gasteiger partial charge in [-0.1, -0.05) is 60.6 Å². The second-order valence-electron chi connectivity index (χ2n) is 8.21. The van der Waals surface area contributed by atoms with Gasteiger partial charge in [-0.05, 0) is 34.9 Å². The number of aromatic nitrogens is 1. The molecule has 2 aliphatic rings. The van der Waals surface area contributed by atoms with Crippen molar-refractivity contribution < 1.29 is 14.1 Å². The Hall–Kier alpha value is -3.41. The van der Waals surface area contributed by atoms with Gasteiger partial charge in [0.05, 0.1) is 0 Å². The molecule has 2 amide bonds. The van der Waals surface area contributed by atoms with E-state index in [1.165, 1.54) is 5.56 Å². The summed E-state index contributed by atoms with van der Waals surface area (Å²) in [6, 6.07) is 18.9. The summed E-state index contributed by atoms with van der Waals surface area (Å²) in [6.07, 6.45) is 0.559. The zero-order chi connectivity index (χ0) is 20.8. The molecule has 0 bridgehead atoms. The minimum atomic E-state index is -0.579. The van der Waals surface area contributed by atoms with E-state index < -0.39 is 6.04 Å². The van der Waals surface area contributed by atoms with Crippen LogP contribution in [0.4, 0.5) is 5.69 Å². The van der Waals surface area contributed by atoms with Crippen molar-refractivity contribution in [2.24, 2.45) is 11.8 Å². The quantitative estimate of drug-likeness (QED) is 0.727. The molecule has 1 N–H and O–H groups in total. The summed E-state index contributed by atoms with van der Waals surface area (Å²) in [5.74, 6) is 0.824. The largest absolute Gasteiger partial charge is 0.360 e. The SMILES string of the molecule is C[C@H]1C2c3ccccc3N(C)C(=O)[C@@H](NC(=O)c3cc(Cc4ccccc4)on3)C21. The zero-order valence-electron chi connectivity index (χ0n) is 16.9. The smallest absolute Gasteiger partial charge is 0.274 e. The number of rotatable bonds is 4. The Bertz CT molecular complexity index is 1110. The monoisotopic (exact) mass is 401 g/mol. The van der Waals surface area contributed by atoms with Crippen LogP contribution in [-0.4, -0.2) is 30.1 Å². The Morgan fingerprint density at radius 2 is 1.87 bits per heavy atom. The standard InChI is InChI=1S/C24H23N3O3/c1-14-20-17-10-6-7-11-19(17)27(2)24(29)22(21(14)20)25-23(28)18-13-16(30-26-18)12-15-8-4-3-5-9-15/h3-11,13-14,20-22H,12H2,1-2H3,(H,25,28)/t14-,20?,21?,22-/m0/s1. The maximum Gasteiger partial charge on any atom is 0.274 e. The second-order valence-corrected chi connectivity index (χ2v) is 8.21. The third-order valence-corrected chi connectivity index (χ3v) is 6.39. The number of amides is 2. The Balaban J connectivity index is 1.35. The maximum atomic E-state index is 13.2. The molecule has 0 radical (unpaired) electrons. The number of carbonyl (C=O) groups is 2. The lowest BCUT2D eigenvalue weighted by Gasteiger charge is -2.24. The Labute approximate surface area is 174 Å². The molecule has 2 aromatic carbocycles. The fraction of sp³-hybridized carbons (Fsp3) is 0.292. The van der Waals surface area contributed by atoms with E-state index in [-0.39, 0.29) is 29.3 Å². The normalized spacial score (nSPS) is 24.6. The molecule has 1 aliphatic heterocycles. The topological polar surface area (TPSA) is 75.4 Å². The summed E-state index contributed by atoms with van der Waals surface area (Å²) >= 11 is 0.